The van der Waals surface area contributed by atoms with Gasteiger partial charge >= 0.3 is 0 Å². The highest BCUT2D eigenvalue weighted by Gasteiger charge is 2.45. The predicted molar refractivity (Wildman–Crippen MR) is 120 cm³/mol. The maximum absolute atomic E-state index is 14.0. The van der Waals surface area contributed by atoms with Gasteiger partial charge in [-0.25, -0.2) is 9.37 Å². The summed E-state index contributed by atoms with van der Waals surface area (Å²) in [7, 11) is 0. The van der Waals surface area contributed by atoms with Crippen LogP contribution in [0.4, 0.5) is 4.39 Å². The van der Waals surface area contributed by atoms with E-state index in [2.05, 4.69) is 4.98 Å². The maximum atomic E-state index is 14.0. The Kier molecular flexibility index (Phi) is 5.63. The molecule has 2 aromatic carbocycles. The van der Waals surface area contributed by atoms with Crippen molar-refractivity contribution in [2.75, 3.05) is 13.2 Å². The van der Waals surface area contributed by atoms with Crippen molar-refractivity contribution in [2.24, 2.45) is 11.5 Å². The highest BCUT2D eigenvalue weighted by atomic mass is 35.5. The largest absolute Gasteiger partial charge is 0.489 e. The minimum absolute atomic E-state index is 0.0188. The van der Waals surface area contributed by atoms with Crippen LogP contribution < -0.4 is 16.2 Å². The van der Waals surface area contributed by atoms with Gasteiger partial charge in [-0.2, -0.15) is 0 Å². The lowest BCUT2D eigenvalue weighted by Crippen LogP contribution is -2.41. The zero-order valence-electron chi connectivity index (χ0n) is 17.0. The molecule has 1 aliphatic heterocycles. The zero-order valence-corrected chi connectivity index (χ0v) is 18.5. The molecule has 32 heavy (non-hydrogen) atoms. The smallest absolute Gasteiger partial charge is 0.231 e. The number of benzene rings is 2. The molecule has 0 fully saturated rings. The molecule has 0 aliphatic carbocycles. The van der Waals surface area contributed by atoms with Crippen molar-refractivity contribution in [3.05, 3.63) is 81.2 Å². The van der Waals surface area contributed by atoms with Crippen LogP contribution in [-0.2, 0) is 15.8 Å². The number of hydrogen-bond acceptors (Lipinski definition) is 5. The summed E-state index contributed by atoms with van der Waals surface area (Å²) < 4.78 is 19.8. The van der Waals surface area contributed by atoms with E-state index in [9.17, 15) is 14.3 Å². The fraction of sp³-hybridized carbons (Fsp3) is 0.217. The molecule has 0 unspecified atom stereocenters. The van der Waals surface area contributed by atoms with Gasteiger partial charge in [0.1, 0.15) is 34.9 Å². The van der Waals surface area contributed by atoms with E-state index in [1.165, 1.54) is 24.3 Å². The molecular formula is C23H20Cl2FN3O3. The van der Waals surface area contributed by atoms with Crippen LogP contribution in [0.1, 0.15) is 23.7 Å². The minimum atomic E-state index is -1.86. The lowest BCUT2D eigenvalue weighted by atomic mass is 9.81. The van der Waals surface area contributed by atoms with Gasteiger partial charge in [-0.1, -0.05) is 47.5 Å². The lowest BCUT2D eigenvalue weighted by Gasteiger charge is -2.29. The number of rotatable bonds is 5. The number of fused-ring (bicyclic) bond motifs is 1. The van der Waals surface area contributed by atoms with E-state index in [0.29, 0.717) is 21.9 Å². The van der Waals surface area contributed by atoms with E-state index in [-0.39, 0.29) is 35.1 Å². The first-order valence-corrected chi connectivity index (χ1v) is 10.5. The molecule has 9 heteroatoms. The summed E-state index contributed by atoms with van der Waals surface area (Å²) in [5, 5.41) is 12.1. The molecule has 2 heterocycles. The Morgan fingerprint density at radius 2 is 2.00 bits per heavy atom. The van der Waals surface area contributed by atoms with Crippen LogP contribution in [0.15, 0.2) is 48.5 Å². The molecule has 5 N–H and O–H groups in total. The number of hydrogen-bond donors (Lipinski definition) is 3. The normalized spacial score (nSPS) is 19.2. The summed E-state index contributed by atoms with van der Waals surface area (Å²) >= 11 is 12.7. The minimum Gasteiger partial charge on any atom is -0.489 e. The molecule has 3 aromatic rings. The van der Waals surface area contributed by atoms with E-state index in [4.69, 9.17) is 39.4 Å². The number of ether oxygens (including phenoxy) is 1. The van der Waals surface area contributed by atoms with Gasteiger partial charge in [0.05, 0.1) is 15.7 Å². The van der Waals surface area contributed by atoms with Crippen LogP contribution in [0.3, 0.4) is 0 Å². The first kappa shape index (κ1) is 22.5. The van der Waals surface area contributed by atoms with Gasteiger partial charge in [-0.05, 0) is 36.8 Å². The highest BCUT2D eigenvalue weighted by molar-refractivity contribution is 6.43. The van der Waals surface area contributed by atoms with E-state index >= 15 is 0 Å². The van der Waals surface area contributed by atoms with Crippen LogP contribution in [0.2, 0.25) is 10.0 Å². The van der Waals surface area contributed by atoms with Gasteiger partial charge < -0.3 is 21.3 Å². The summed E-state index contributed by atoms with van der Waals surface area (Å²) in [6.07, 6.45) is 0. The first-order chi connectivity index (χ1) is 15.1. The van der Waals surface area contributed by atoms with Crippen molar-refractivity contribution >= 4 is 29.1 Å². The van der Waals surface area contributed by atoms with E-state index in [1.54, 1.807) is 31.2 Å². The number of carbonyl (C=O) groups is 1. The monoisotopic (exact) mass is 475 g/mol. The van der Waals surface area contributed by atoms with Crippen LogP contribution in [0.25, 0.3) is 11.3 Å². The first-order valence-electron chi connectivity index (χ1n) is 9.73. The Bertz CT molecular complexity index is 1240. The average Bonchev–Trinajstić information content (AvgIpc) is 3.13. The van der Waals surface area contributed by atoms with Gasteiger partial charge in [0.15, 0.2) is 0 Å². The van der Waals surface area contributed by atoms with Crippen molar-refractivity contribution in [2.45, 2.75) is 17.9 Å². The van der Waals surface area contributed by atoms with Crippen molar-refractivity contribution in [3.63, 3.8) is 0 Å². The van der Waals surface area contributed by atoms with Crippen molar-refractivity contribution in [1.82, 2.24) is 4.98 Å². The number of nitrogens with zero attached hydrogens (tertiary/aromatic N) is 1. The Balaban J connectivity index is 2.05. The van der Waals surface area contributed by atoms with Crippen LogP contribution in [0, 0.1) is 5.82 Å². The fourth-order valence-corrected chi connectivity index (χ4v) is 4.17. The standard InChI is InChI=1S/C23H20Cl2FN3O3/c1-22(21(28)30)11-32-20-15(22)9-17(23(31,10-27)12-4-2-5-13(26)8-12)29-19(20)14-6-3-7-16(24)18(14)25/h2-9,31H,10-11,27H2,1H3,(H2,28,30)/t22-,23+/m0/s1. The number of aliphatic hydroxyl groups is 1. The summed E-state index contributed by atoms with van der Waals surface area (Å²) in [5.74, 6) is -0.852. The molecule has 4 rings (SSSR count). The summed E-state index contributed by atoms with van der Waals surface area (Å²) in [6.45, 7) is 1.31. The predicted octanol–water partition coefficient (Wildman–Crippen LogP) is 3.52. The van der Waals surface area contributed by atoms with Gasteiger partial charge in [-0.3, -0.25) is 4.79 Å². The second-order valence-electron chi connectivity index (χ2n) is 7.89. The Labute approximate surface area is 193 Å². The molecule has 0 spiro atoms. The van der Waals surface area contributed by atoms with Gasteiger partial charge in [0.25, 0.3) is 0 Å². The number of amides is 1. The molecule has 2 atom stereocenters. The van der Waals surface area contributed by atoms with Crippen molar-refractivity contribution in [1.29, 1.82) is 0 Å². The van der Waals surface area contributed by atoms with Crippen molar-refractivity contribution < 1.29 is 19.0 Å². The quantitative estimate of drug-likeness (QED) is 0.522. The topological polar surface area (TPSA) is 111 Å². The second-order valence-corrected chi connectivity index (χ2v) is 8.68. The molecule has 6 nitrogen and oxygen atoms in total. The third-order valence-corrected chi connectivity index (χ3v) is 6.66. The molecule has 0 bridgehead atoms. The number of nitrogens with two attached hydrogens (primary N) is 2. The SMILES string of the molecule is C[C@]1(C(N)=O)COc2c1cc([C@@](O)(CN)c1cccc(F)c1)nc2-c1cccc(Cl)c1Cl. The van der Waals surface area contributed by atoms with E-state index in [1.807, 2.05) is 0 Å². The molecule has 1 aliphatic rings. The summed E-state index contributed by atoms with van der Waals surface area (Å²) in [5.41, 5.74) is 10.0. The third kappa shape index (κ3) is 3.42. The molecule has 1 aromatic heterocycles. The van der Waals surface area contributed by atoms with Crippen LogP contribution >= 0.6 is 23.2 Å². The number of carbonyl (C=O) groups excluding carboxylic acids is 1. The lowest BCUT2D eigenvalue weighted by molar-refractivity contribution is -0.123. The Morgan fingerprint density at radius 1 is 1.28 bits per heavy atom. The van der Waals surface area contributed by atoms with Crippen LogP contribution in [0.5, 0.6) is 5.75 Å². The van der Waals surface area contributed by atoms with Crippen LogP contribution in [-0.4, -0.2) is 29.1 Å². The van der Waals surface area contributed by atoms with Gasteiger partial charge in [0, 0.05) is 17.7 Å². The molecule has 0 saturated heterocycles. The van der Waals surface area contributed by atoms with Gasteiger partial charge in [0.2, 0.25) is 5.91 Å². The van der Waals surface area contributed by atoms with E-state index in [0.717, 1.165) is 0 Å². The zero-order chi connectivity index (χ0) is 23.3. The number of aromatic nitrogens is 1. The summed E-state index contributed by atoms with van der Waals surface area (Å²) in [6, 6.07) is 12.0. The molecular weight excluding hydrogens is 456 g/mol. The number of halogens is 3. The average molecular weight is 476 g/mol. The number of pyridine rings is 1. The molecule has 0 saturated carbocycles. The summed E-state index contributed by atoms with van der Waals surface area (Å²) in [4.78, 5) is 17.0. The highest BCUT2D eigenvalue weighted by Crippen LogP contribution is 2.48. The number of primary amides is 1. The fourth-order valence-electron chi connectivity index (χ4n) is 3.78. The Hall–Kier alpha value is -2.71. The van der Waals surface area contributed by atoms with E-state index < -0.39 is 22.7 Å². The maximum Gasteiger partial charge on any atom is 0.231 e. The Morgan fingerprint density at radius 3 is 2.66 bits per heavy atom. The third-order valence-electron chi connectivity index (χ3n) is 5.84. The second kappa shape index (κ2) is 8.01. The molecule has 166 valence electrons. The van der Waals surface area contributed by atoms with Gasteiger partial charge in [-0.15, -0.1) is 0 Å². The molecule has 1 amide bonds. The molecule has 0 radical (unpaired) electrons. The van der Waals surface area contributed by atoms with Crippen molar-refractivity contribution in [3.8, 4) is 17.0 Å².